The number of carbonyl (C=O) groups is 2. The number of hydrogen-bond acceptors (Lipinski definition) is 5. The SMILES string of the molecule is CC[C@@H](C(=O)NC1CCCCC1)N(Cc1ccc(OC)cc1)C(=O)CN(c1ccc(C(C)(C)C)cc1)S(C)(=O)=O. The van der Waals surface area contributed by atoms with E-state index in [1.165, 1.54) is 11.3 Å². The summed E-state index contributed by atoms with van der Waals surface area (Å²) in [4.78, 5) is 29.0. The Balaban J connectivity index is 1.92. The summed E-state index contributed by atoms with van der Waals surface area (Å²) in [6, 6.07) is 13.9. The highest BCUT2D eigenvalue weighted by Crippen LogP contribution is 2.27. The molecule has 3 rings (SSSR count). The monoisotopic (exact) mass is 571 g/mol. The maximum Gasteiger partial charge on any atom is 0.244 e. The van der Waals surface area contributed by atoms with E-state index in [0.717, 1.165) is 47.4 Å². The summed E-state index contributed by atoms with van der Waals surface area (Å²) in [5.41, 5.74) is 2.19. The quantitative estimate of drug-likeness (QED) is 0.409. The Bertz CT molecular complexity index is 1230. The molecule has 0 aromatic heterocycles. The maximum atomic E-state index is 13.9. The molecule has 0 bridgehead atoms. The van der Waals surface area contributed by atoms with Gasteiger partial charge in [-0.2, -0.15) is 0 Å². The van der Waals surface area contributed by atoms with Gasteiger partial charge in [0.2, 0.25) is 21.8 Å². The van der Waals surface area contributed by atoms with Crippen LogP contribution in [0.3, 0.4) is 0 Å². The number of nitrogens with one attached hydrogen (secondary N) is 1. The smallest absolute Gasteiger partial charge is 0.244 e. The summed E-state index contributed by atoms with van der Waals surface area (Å²) in [5.74, 6) is 0.0501. The van der Waals surface area contributed by atoms with Crippen molar-refractivity contribution in [1.29, 1.82) is 0 Å². The van der Waals surface area contributed by atoms with Crippen molar-refractivity contribution in [3.05, 3.63) is 59.7 Å². The van der Waals surface area contributed by atoms with Gasteiger partial charge in [0.25, 0.3) is 0 Å². The van der Waals surface area contributed by atoms with Gasteiger partial charge in [-0.3, -0.25) is 13.9 Å². The number of rotatable bonds is 11. The van der Waals surface area contributed by atoms with Gasteiger partial charge in [0.05, 0.1) is 19.1 Å². The van der Waals surface area contributed by atoms with Crippen molar-refractivity contribution in [2.45, 2.75) is 90.3 Å². The second kappa shape index (κ2) is 13.5. The molecule has 0 heterocycles. The Labute approximate surface area is 240 Å². The maximum absolute atomic E-state index is 13.9. The average Bonchev–Trinajstić information content (AvgIpc) is 2.91. The van der Waals surface area contributed by atoms with Crippen molar-refractivity contribution in [2.24, 2.45) is 0 Å². The molecular weight excluding hydrogens is 526 g/mol. The first-order valence-electron chi connectivity index (χ1n) is 14.1. The highest BCUT2D eigenvalue weighted by atomic mass is 32.2. The lowest BCUT2D eigenvalue weighted by molar-refractivity contribution is -0.140. The number of hydrogen-bond donors (Lipinski definition) is 1. The van der Waals surface area contributed by atoms with Gasteiger partial charge >= 0.3 is 0 Å². The van der Waals surface area contributed by atoms with E-state index in [4.69, 9.17) is 4.74 Å². The van der Waals surface area contributed by atoms with Gasteiger partial charge in [0, 0.05) is 12.6 Å². The van der Waals surface area contributed by atoms with Crippen LogP contribution in [0.25, 0.3) is 0 Å². The number of amides is 2. The first kappa shape index (κ1) is 31.5. The van der Waals surface area contributed by atoms with E-state index in [9.17, 15) is 18.0 Å². The van der Waals surface area contributed by atoms with E-state index >= 15 is 0 Å². The first-order valence-corrected chi connectivity index (χ1v) is 16.0. The minimum atomic E-state index is -3.78. The van der Waals surface area contributed by atoms with Crippen molar-refractivity contribution in [3.8, 4) is 5.75 Å². The number of nitrogens with zero attached hydrogens (tertiary/aromatic N) is 2. The summed E-state index contributed by atoms with van der Waals surface area (Å²) in [6.45, 7) is 7.89. The average molecular weight is 572 g/mol. The molecule has 40 heavy (non-hydrogen) atoms. The highest BCUT2D eigenvalue weighted by molar-refractivity contribution is 7.92. The number of methoxy groups -OCH3 is 1. The minimum absolute atomic E-state index is 0.0977. The fraction of sp³-hybridized carbons (Fsp3) is 0.548. The van der Waals surface area contributed by atoms with Gasteiger partial charge in [0.15, 0.2) is 0 Å². The summed E-state index contributed by atoms with van der Waals surface area (Å²) in [7, 11) is -2.20. The molecular formula is C31H45N3O5S. The third-order valence-corrected chi connectivity index (χ3v) is 8.69. The molecule has 1 atom stereocenters. The molecule has 9 heteroatoms. The number of carbonyl (C=O) groups excluding carboxylic acids is 2. The molecule has 2 aromatic carbocycles. The Morgan fingerprint density at radius 1 is 1.00 bits per heavy atom. The molecule has 2 aromatic rings. The van der Waals surface area contributed by atoms with Gasteiger partial charge < -0.3 is 15.0 Å². The van der Waals surface area contributed by atoms with E-state index in [1.54, 1.807) is 31.4 Å². The molecule has 0 aliphatic heterocycles. The highest BCUT2D eigenvalue weighted by Gasteiger charge is 2.33. The lowest BCUT2D eigenvalue weighted by Crippen LogP contribution is -2.53. The van der Waals surface area contributed by atoms with Crippen LogP contribution in [0.1, 0.15) is 77.3 Å². The van der Waals surface area contributed by atoms with Crippen molar-refractivity contribution in [1.82, 2.24) is 10.2 Å². The predicted octanol–water partition coefficient (Wildman–Crippen LogP) is 5.02. The van der Waals surface area contributed by atoms with Crippen LogP contribution in [0, 0.1) is 0 Å². The molecule has 220 valence electrons. The summed E-state index contributed by atoms with van der Waals surface area (Å²) >= 11 is 0. The van der Waals surface area contributed by atoms with E-state index in [-0.39, 0.29) is 23.9 Å². The van der Waals surface area contributed by atoms with Gasteiger partial charge in [0.1, 0.15) is 18.3 Å². The van der Waals surface area contributed by atoms with Crippen molar-refractivity contribution in [3.63, 3.8) is 0 Å². The molecule has 1 aliphatic rings. The predicted molar refractivity (Wildman–Crippen MR) is 160 cm³/mol. The zero-order valence-electron chi connectivity index (χ0n) is 24.8. The molecule has 1 aliphatic carbocycles. The van der Waals surface area contributed by atoms with Gasteiger partial charge in [-0.15, -0.1) is 0 Å². The lowest BCUT2D eigenvalue weighted by Gasteiger charge is -2.34. The molecule has 1 saturated carbocycles. The fourth-order valence-electron chi connectivity index (χ4n) is 5.13. The second-order valence-electron chi connectivity index (χ2n) is 11.7. The number of anilines is 1. The minimum Gasteiger partial charge on any atom is -0.497 e. The Hall–Kier alpha value is -3.07. The van der Waals surface area contributed by atoms with Gasteiger partial charge in [-0.25, -0.2) is 8.42 Å². The van der Waals surface area contributed by atoms with Crippen molar-refractivity contribution in [2.75, 3.05) is 24.2 Å². The summed E-state index contributed by atoms with van der Waals surface area (Å²) in [5, 5.41) is 3.16. The van der Waals surface area contributed by atoms with Crippen LogP contribution in [0.5, 0.6) is 5.75 Å². The largest absolute Gasteiger partial charge is 0.497 e. The zero-order chi connectivity index (χ0) is 29.5. The third-order valence-electron chi connectivity index (χ3n) is 7.55. The van der Waals surface area contributed by atoms with Gasteiger partial charge in [-0.1, -0.05) is 71.2 Å². The fourth-order valence-corrected chi connectivity index (χ4v) is 5.98. The zero-order valence-corrected chi connectivity index (χ0v) is 25.6. The Morgan fingerprint density at radius 3 is 2.10 bits per heavy atom. The van der Waals surface area contributed by atoms with Crippen LogP contribution in [0.4, 0.5) is 5.69 Å². The Morgan fingerprint density at radius 2 is 1.60 bits per heavy atom. The van der Waals surface area contributed by atoms with E-state index in [0.29, 0.717) is 17.9 Å². The number of sulfonamides is 1. The summed E-state index contributed by atoms with van der Waals surface area (Å²) < 4.78 is 32.2. The van der Waals surface area contributed by atoms with E-state index < -0.39 is 28.5 Å². The van der Waals surface area contributed by atoms with E-state index in [1.807, 2.05) is 31.2 Å². The molecule has 1 fully saturated rings. The Kier molecular flexibility index (Phi) is 10.6. The lowest BCUT2D eigenvalue weighted by atomic mass is 9.87. The van der Waals surface area contributed by atoms with Crippen LogP contribution >= 0.6 is 0 Å². The van der Waals surface area contributed by atoms with Crippen molar-refractivity contribution < 1.29 is 22.7 Å². The van der Waals surface area contributed by atoms with Crippen LogP contribution in [-0.4, -0.2) is 57.1 Å². The third kappa shape index (κ3) is 8.46. The molecule has 1 N–H and O–H groups in total. The molecule has 0 saturated heterocycles. The topological polar surface area (TPSA) is 96.0 Å². The molecule has 0 spiro atoms. The summed E-state index contributed by atoms with van der Waals surface area (Å²) in [6.07, 6.45) is 6.69. The van der Waals surface area contributed by atoms with Crippen LogP contribution in [-0.2, 0) is 31.6 Å². The molecule has 2 amide bonds. The number of ether oxygens (including phenoxy) is 1. The van der Waals surface area contributed by atoms with Crippen LogP contribution < -0.4 is 14.4 Å². The van der Waals surface area contributed by atoms with Crippen LogP contribution in [0.2, 0.25) is 0 Å². The van der Waals surface area contributed by atoms with E-state index in [2.05, 4.69) is 26.1 Å². The number of benzene rings is 2. The normalized spacial score (nSPS) is 15.2. The first-order chi connectivity index (χ1) is 18.8. The van der Waals surface area contributed by atoms with Gasteiger partial charge in [-0.05, 0) is 60.1 Å². The van der Waals surface area contributed by atoms with Crippen molar-refractivity contribution >= 4 is 27.5 Å². The second-order valence-corrected chi connectivity index (χ2v) is 13.6. The molecule has 8 nitrogen and oxygen atoms in total. The standard InChI is InChI=1S/C31H45N3O5S/c1-7-28(30(36)32-25-11-9-8-10-12-25)33(21-23-13-19-27(39-5)20-14-23)29(35)22-34(40(6,37)38)26-17-15-24(16-18-26)31(2,3)4/h13-20,25,28H,7-12,21-22H2,1-6H3,(H,32,36)/t28-/m0/s1. The molecule has 0 radical (unpaired) electrons. The van der Waals surface area contributed by atoms with Crippen LogP contribution in [0.15, 0.2) is 48.5 Å². The molecule has 0 unspecified atom stereocenters.